The molecule has 1 N–H and O–H groups in total. The Morgan fingerprint density at radius 1 is 0.963 bits per heavy atom. The predicted molar refractivity (Wildman–Crippen MR) is 99.7 cm³/mol. The van der Waals surface area contributed by atoms with Gasteiger partial charge in [-0.05, 0) is 29.8 Å². The van der Waals surface area contributed by atoms with Crippen LogP contribution in [-0.4, -0.2) is 34.6 Å². The Balaban J connectivity index is 1.57. The fourth-order valence-electron chi connectivity index (χ4n) is 2.85. The summed E-state index contributed by atoms with van der Waals surface area (Å²) in [6, 6.07) is 15.5. The zero-order chi connectivity index (χ0) is 18.6. The minimum absolute atomic E-state index is 0.508. The lowest BCUT2D eigenvalue weighted by atomic mass is 10.1. The van der Waals surface area contributed by atoms with Gasteiger partial charge in [0.2, 0.25) is 11.7 Å². The molecular formula is C20H18N4O3. The highest BCUT2D eigenvalue weighted by Crippen LogP contribution is 2.29. The summed E-state index contributed by atoms with van der Waals surface area (Å²) < 4.78 is 16.0. The number of H-pyrrole nitrogens is 1. The van der Waals surface area contributed by atoms with E-state index in [9.17, 15) is 0 Å². The summed E-state index contributed by atoms with van der Waals surface area (Å²) in [7, 11) is 3.22. The van der Waals surface area contributed by atoms with Crippen LogP contribution in [0.1, 0.15) is 11.5 Å². The third-order valence-corrected chi connectivity index (χ3v) is 4.20. The molecule has 2 aromatic heterocycles. The maximum absolute atomic E-state index is 5.43. The molecule has 7 heteroatoms. The summed E-state index contributed by atoms with van der Waals surface area (Å²) in [5.74, 6) is 2.43. The van der Waals surface area contributed by atoms with E-state index in [1.807, 2.05) is 48.5 Å². The van der Waals surface area contributed by atoms with Gasteiger partial charge >= 0.3 is 0 Å². The molecule has 27 heavy (non-hydrogen) atoms. The van der Waals surface area contributed by atoms with Crippen LogP contribution in [0.2, 0.25) is 0 Å². The molecule has 0 radical (unpaired) electrons. The number of nitrogens with one attached hydrogen (secondary N) is 1. The Morgan fingerprint density at radius 2 is 1.81 bits per heavy atom. The smallest absolute Gasteiger partial charge is 0.231 e. The summed E-state index contributed by atoms with van der Waals surface area (Å²) in [5, 5.41) is 11.1. The molecule has 0 bridgehead atoms. The number of aromatic amines is 1. The van der Waals surface area contributed by atoms with Crippen molar-refractivity contribution < 1.29 is 14.0 Å². The van der Waals surface area contributed by atoms with Crippen LogP contribution < -0.4 is 9.47 Å². The molecule has 7 nitrogen and oxygen atoms in total. The zero-order valence-corrected chi connectivity index (χ0v) is 15.0. The predicted octanol–water partition coefficient (Wildman–Crippen LogP) is 3.73. The van der Waals surface area contributed by atoms with E-state index in [-0.39, 0.29) is 0 Å². The first kappa shape index (κ1) is 16.8. The highest BCUT2D eigenvalue weighted by molar-refractivity contribution is 5.67. The Bertz CT molecular complexity index is 1040. The minimum atomic E-state index is 0.508. The standard InChI is InChI=1S/C20H18N4O3/c1-25-17-7-6-13(10-18(17)26-2)11-19-22-20(24-27-19)15-5-3-4-14(12-15)16-8-9-21-23-16/h3-10,12H,11H2,1-2H3,(H,21,23). The van der Waals surface area contributed by atoms with Crippen molar-refractivity contribution in [1.82, 2.24) is 20.3 Å². The van der Waals surface area contributed by atoms with Gasteiger partial charge in [0.15, 0.2) is 11.5 Å². The molecule has 4 aromatic rings. The van der Waals surface area contributed by atoms with Crippen LogP contribution in [0.15, 0.2) is 59.3 Å². The van der Waals surface area contributed by atoms with E-state index in [4.69, 9.17) is 14.0 Å². The molecule has 2 heterocycles. The van der Waals surface area contributed by atoms with E-state index < -0.39 is 0 Å². The number of benzene rings is 2. The summed E-state index contributed by atoms with van der Waals surface area (Å²) >= 11 is 0. The molecule has 136 valence electrons. The molecule has 0 aliphatic rings. The normalized spacial score (nSPS) is 10.7. The van der Waals surface area contributed by atoms with Crippen molar-refractivity contribution in [2.75, 3.05) is 14.2 Å². The van der Waals surface area contributed by atoms with Gasteiger partial charge in [0.05, 0.1) is 26.3 Å². The topological polar surface area (TPSA) is 86.1 Å². The number of nitrogens with zero attached hydrogens (tertiary/aromatic N) is 3. The van der Waals surface area contributed by atoms with Crippen molar-refractivity contribution in [3.63, 3.8) is 0 Å². The van der Waals surface area contributed by atoms with Crippen molar-refractivity contribution in [3.05, 3.63) is 66.2 Å². The van der Waals surface area contributed by atoms with Crippen LogP contribution in [0, 0.1) is 0 Å². The van der Waals surface area contributed by atoms with E-state index in [0.29, 0.717) is 29.6 Å². The van der Waals surface area contributed by atoms with Crippen molar-refractivity contribution in [2.45, 2.75) is 6.42 Å². The van der Waals surface area contributed by atoms with Gasteiger partial charge in [-0.15, -0.1) is 0 Å². The lowest BCUT2D eigenvalue weighted by Gasteiger charge is -2.08. The van der Waals surface area contributed by atoms with E-state index in [1.54, 1.807) is 20.4 Å². The van der Waals surface area contributed by atoms with Crippen LogP contribution in [0.4, 0.5) is 0 Å². The molecule has 0 aliphatic heterocycles. The molecule has 0 spiro atoms. The van der Waals surface area contributed by atoms with Crippen LogP contribution >= 0.6 is 0 Å². The number of rotatable bonds is 6. The SMILES string of the molecule is COc1ccc(Cc2nc(-c3cccc(-c4ccn[nH]4)c3)no2)cc1OC. The maximum Gasteiger partial charge on any atom is 0.231 e. The molecule has 0 atom stereocenters. The maximum atomic E-state index is 5.43. The number of hydrogen-bond donors (Lipinski definition) is 1. The molecule has 0 amide bonds. The monoisotopic (exact) mass is 362 g/mol. The van der Waals surface area contributed by atoms with Gasteiger partial charge in [-0.25, -0.2) is 0 Å². The lowest BCUT2D eigenvalue weighted by Crippen LogP contribution is -1.94. The van der Waals surface area contributed by atoms with E-state index in [0.717, 1.165) is 22.4 Å². The highest BCUT2D eigenvalue weighted by Gasteiger charge is 2.12. The van der Waals surface area contributed by atoms with Gasteiger partial charge in [-0.2, -0.15) is 10.1 Å². The van der Waals surface area contributed by atoms with E-state index in [1.165, 1.54) is 0 Å². The van der Waals surface area contributed by atoms with Gasteiger partial charge < -0.3 is 14.0 Å². The van der Waals surface area contributed by atoms with Crippen molar-refractivity contribution in [3.8, 4) is 34.1 Å². The van der Waals surface area contributed by atoms with Crippen molar-refractivity contribution in [2.24, 2.45) is 0 Å². The summed E-state index contributed by atoms with van der Waals surface area (Å²) in [6.07, 6.45) is 2.23. The van der Waals surface area contributed by atoms with E-state index in [2.05, 4.69) is 20.3 Å². The van der Waals surface area contributed by atoms with Crippen LogP contribution in [0.5, 0.6) is 11.5 Å². The molecule has 0 unspecified atom stereocenters. The second-order valence-corrected chi connectivity index (χ2v) is 5.93. The third-order valence-electron chi connectivity index (χ3n) is 4.20. The third kappa shape index (κ3) is 3.52. The Morgan fingerprint density at radius 3 is 2.59 bits per heavy atom. The largest absolute Gasteiger partial charge is 0.493 e. The van der Waals surface area contributed by atoms with Crippen LogP contribution in [0.25, 0.3) is 22.6 Å². The van der Waals surface area contributed by atoms with E-state index >= 15 is 0 Å². The first-order valence-electron chi connectivity index (χ1n) is 8.40. The second kappa shape index (κ2) is 7.33. The first-order chi connectivity index (χ1) is 13.3. The van der Waals surface area contributed by atoms with Gasteiger partial charge in [-0.1, -0.05) is 29.4 Å². The number of aromatic nitrogens is 4. The molecule has 0 saturated carbocycles. The summed E-state index contributed by atoms with van der Waals surface area (Å²) in [5.41, 5.74) is 3.82. The molecule has 0 fully saturated rings. The quantitative estimate of drug-likeness (QED) is 0.562. The second-order valence-electron chi connectivity index (χ2n) is 5.93. The Hall–Kier alpha value is -3.61. The Kier molecular flexibility index (Phi) is 4.57. The fourth-order valence-corrected chi connectivity index (χ4v) is 2.85. The minimum Gasteiger partial charge on any atom is -0.493 e. The van der Waals surface area contributed by atoms with Crippen molar-refractivity contribution >= 4 is 0 Å². The molecule has 2 aromatic carbocycles. The number of methoxy groups -OCH3 is 2. The summed E-state index contributed by atoms with van der Waals surface area (Å²) in [4.78, 5) is 4.52. The molecule has 4 rings (SSSR count). The Labute approximate surface area is 156 Å². The number of hydrogen-bond acceptors (Lipinski definition) is 6. The molecule has 0 saturated heterocycles. The van der Waals surface area contributed by atoms with Crippen LogP contribution in [-0.2, 0) is 6.42 Å². The lowest BCUT2D eigenvalue weighted by molar-refractivity contribution is 0.354. The zero-order valence-electron chi connectivity index (χ0n) is 15.0. The number of ether oxygens (including phenoxy) is 2. The van der Waals surface area contributed by atoms with Crippen LogP contribution in [0.3, 0.4) is 0 Å². The first-order valence-corrected chi connectivity index (χ1v) is 8.40. The average molecular weight is 362 g/mol. The highest BCUT2D eigenvalue weighted by atomic mass is 16.5. The fraction of sp³-hybridized carbons (Fsp3) is 0.150. The molecule has 0 aliphatic carbocycles. The van der Waals surface area contributed by atoms with Gasteiger partial charge in [0.1, 0.15) is 0 Å². The molecular weight excluding hydrogens is 344 g/mol. The summed E-state index contributed by atoms with van der Waals surface area (Å²) in [6.45, 7) is 0. The van der Waals surface area contributed by atoms with Gasteiger partial charge in [0.25, 0.3) is 0 Å². The van der Waals surface area contributed by atoms with Crippen molar-refractivity contribution in [1.29, 1.82) is 0 Å². The average Bonchev–Trinajstić information content (AvgIpc) is 3.40. The van der Waals surface area contributed by atoms with Gasteiger partial charge in [-0.3, -0.25) is 5.10 Å². The van der Waals surface area contributed by atoms with Gasteiger partial charge in [0, 0.05) is 17.3 Å².